The molecule has 2 aliphatic rings. The first-order valence-electron chi connectivity index (χ1n) is 13.5. The van der Waals surface area contributed by atoms with Crippen molar-refractivity contribution in [3.63, 3.8) is 0 Å². The zero-order valence-corrected chi connectivity index (χ0v) is 23.0. The molecule has 0 bridgehead atoms. The zero-order chi connectivity index (χ0) is 27.5. The molecule has 1 aliphatic carbocycles. The molecule has 0 aromatic heterocycles. The van der Waals surface area contributed by atoms with Crippen LogP contribution in [0.1, 0.15) is 42.4 Å². The number of hydrogen-bond donors (Lipinski definition) is 0. The highest BCUT2D eigenvalue weighted by atomic mass is 16.6. The molecule has 0 radical (unpaired) electrons. The van der Waals surface area contributed by atoms with Crippen LogP contribution in [0.2, 0.25) is 0 Å². The number of carbonyl (C=O) groups is 2. The van der Waals surface area contributed by atoms with Crippen molar-refractivity contribution in [2.24, 2.45) is 0 Å². The SMILES string of the molecule is COc1ccc(CN2C[C@]3(CC[C@](c4ccccc4)(N(C)C)CC3)N(C(=O)OCc3ccccc3)C2=O)cc1. The van der Waals surface area contributed by atoms with Crippen LogP contribution in [0.4, 0.5) is 9.59 Å². The third kappa shape index (κ3) is 5.23. The first-order chi connectivity index (χ1) is 18.9. The van der Waals surface area contributed by atoms with Crippen LogP contribution in [0.25, 0.3) is 0 Å². The van der Waals surface area contributed by atoms with Crippen LogP contribution in [0.5, 0.6) is 5.75 Å². The van der Waals surface area contributed by atoms with Crippen molar-refractivity contribution in [3.05, 3.63) is 102 Å². The highest BCUT2D eigenvalue weighted by Crippen LogP contribution is 2.49. The van der Waals surface area contributed by atoms with Gasteiger partial charge in [-0.05, 0) is 68.6 Å². The van der Waals surface area contributed by atoms with Crippen LogP contribution < -0.4 is 4.74 Å². The van der Waals surface area contributed by atoms with Gasteiger partial charge in [-0.3, -0.25) is 4.90 Å². The van der Waals surface area contributed by atoms with Crippen LogP contribution in [0.3, 0.4) is 0 Å². The van der Waals surface area contributed by atoms with E-state index < -0.39 is 11.6 Å². The van der Waals surface area contributed by atoms with Gasteiger partial charge in [-0.25, -0.2) is 14.5 Å². The van der Waals surface area contributed by atoms with Crippen molar-refractivity contribution >= 4 is 12.1 Å². The molecule has 1 aliphatic heterocycles. The summed E-state index contributed by atoms with van der Waals surface area (Å²) in [4.78, 5) is 32.9. The molecule has 1 heterocycles. The minimum absolute atomic E-state index is 0.129. The Kier molecular flexibility index (Phi) is 7.62. The molecule has 0 unspecified atom stereocenters. The second kappa shape index (κ2) is 11.1. The Labute approximate surface area is 230 Å². The van der Waals surface area contributed by atoms with Crippen LogP contribution >= 0.6 is 0 Å². The number of nitrogens with zero attached hydrogens (tertiary/aromatic N) is 3. The molecule has 204 valence electrons. The topological polar surface area (TPSA) is 62.3 Å². The van der Waals surface area contributed by atoms with E-state index in [1.807, 2.05) is 60.7 Å². The van der Waals surface area contributed by atoms with Gasteiger partial charge in [0.15, 0.2) is 0 Å². The summed E-state index contributed by atoms with van der Waals surface area (Å²) < 4.78 is 11.0. The lowest BCUT2D eigenvalue weighted by Gasteiger charge is -2.50. The molecular formula is C32H37N3O4. The fourth-order valence-corrected chi connectivity index (χ4v) is 6.22. The first-order valence-corrected chi connectivity index (χ1v) is 13.5. The third-order valence-electron chi connectivity index (χ3n) is 8.52. The Morgan fingerprint density at radius 1 is 0.846 bits per heavy atom. The number of carbonyl (C=O) groups excluding carboxylic acids is 2. The predicted molar refractivity (Wildman–Crippen MR) is 150 cm³/mol. The Bertz CT molecular complexity index is 1270. The normalized spacial score (nSPS) is 22.9. The second-order valence-electron chi connectivity index (χ2n) is 10.9. The fourth-order valence-electron chi connectivity index (χ4n) is 6.22. The number of ether oxygens (including phenoxy) is 2. The summed E-state index contributed by atoms with van der Waals surface area (Å²) in [5, 5.41) is 0. The average molecular weight is 528 g/mol. The quantitative estimate of drug-likeness (QED) is 0.375. The van der Waals surface area contributed by atoms with Crippen LogP contribution in [0.15, 0.2) is 84.9 Å². The minimum atomic E-state index is -0.619. The van der Waals surface area contributed by atoms with E-state index in [1.54, 1.807) is 12.0 Å². The van der Waals surface area contributed by atoms with Gasteiger partial charge in [0.2, 0.25) is 0 Å². The molecule has 7 nitrogen and oxygen atoms in total. The van der Waals surface area contributed by atoms with Crippen molar-refractivity contribution in [2.45, 2.75) is 49.9 Å². The van der Waals surface area contributed by atoms with Crippen LogP contribution in [-0.2, 0) is 23.4 Å². The number of hydrogen-bond acceptors (Lipinski definition) is 5. The van der Waals surface area contributed by atoms with Gasteiger partial charge < -0.3 is 14.4 Å². The van der Waals surface area contributed by atoms with Gasteiger partial charge in [0, 0.05) is 18.6 Å². The highest BCUT2D eigenvalue weighted by molar-refractivity contribution is 5.94. The van der Waals surface area contributed by atoms with E-state index >= 15 is 0 Å². The maximum Gasteiger partial charge on any atom is 0.418 e. The average Bonchev–Trinajstić information content (AvgIpc) is 3.23. The smallest absolute Gasteiger partial charge is 0.418 e. The number of rotatable bonds is 7. The van der Waals surface area contributed by atoms with E-state index in [0.717, 1.165) is 29.7 Å². The van der Waals surface area contributed by atoms with Gasteiger partial charge in [0.1, 0.15) is 12.4 Å². The monoisotopic (exact) mass is 527 g/mol. The lowest BCUT2D eigenvalue weighted by atomic mass is 9.68. The van der Waals surface area contributed by atoms with Crippen LogP contribution in [-0.4, -0.2) is 60.1 Å². The Morgan fingerprint density at radius 3 is 2.05 bits per heavy atom. The summed E-state index contributed by atoms with van der Waals surface area (Å²) in [6, 6.07) is 27.5. The molecule has 1 saturated carbocycles. The van der Waals surface area contributed by atoms with E-state index in [1.165, 1.54) is 10.5 Å². The zero-order valence-electron chi connectivity index (χ0n) is 23.0. The lowest BCUT2D eigenvalue weighted by Crippen LogP contribution is -2.57. The van der Waals surface area contributed by atoms with E-state index in [-0.39, 0.29) is 18.2 Å². The number of benzene rings is 3. The van der Waals surface area contributed by atoms with Crippen molar-refractivity contribution in [1.29, 1.82) is 0 Å². The van der Waals surface area contributed by atoms with Crippen molar-refractivity contribution < 1.29 is 19.1 Å². The molecule has 2 fully saturated rings. The molecule has 7 heteroatoms. The predicted octanol–water partition coefficient (Wildman–Crippen LogP) is 6.04. The summed E-state index contributed by atoms with van der Waals surface area (Å²) in [5.41, 5.74) is 2.37. The molecule has 3 amide bonds. The number of urea groups is 1. The summed E-state index contributed by atoms with van der Waals surface area (Å²) in [5.74, 6) is 0.766. The number of imide groups is 1. The standard InChI is InChI=1S/C32H37N3O4/c1-33(2)32(27-12-8-5-9-13-27)20-18-31(19-21-32)24-34(22-25-14-16-28(38-3)17-15-25)29(36)35(31)30(37)39-23-26-10-6-4-7-11-26/h4-17H,18-24H2,1-3H3/t31-,32+. The fraction of sp³-hybridized carbons (Fsp3) is 0.375. The molecule has 3 aromatic rings. The largest absolute Gasteiger partial charge is 0.497 e. The van der Waals surface area contributed by atoms with Crippen molar-refractivity contribution in [3.8, 4) is 5.75 Å². The van der Waals surface area contributed by atoms with Gasteiger partial charge in [0.25, 0.3) is 0 Å². The van der Waals surface area contributed by atoms with Gasteiger partial charge in [-0.2, -0.15) is 0 Å². The van der Waals surface area contributed by atoms with E-state index in [2.05, 4.69) is 43.3 Å². The Hall–Kier alpha value is -3.84. The minimum Gasteiger partial charge on any atom is -0.497 e. The molecule has 5 rings (SSSR count). The van der Waals surface area contributed by atoms with Gasteiger partial charge in [0.05, 0.1) is 12.6 Å². The van der Waals surface area contributed by atoms with Gasteiger partial charge in [-0.15, -0.1) is 0 Å². The maximum atomic E-state index is 13.8. The van der Waals surface area contributed by atoms with Crippen molar-refractivity contribution in [1.82, 2.24) is 14.7 Å². The van der Waals surface area contributed by atoms with Crippen LogP contribution in [0, 0.1) is 0 Å². The second-order valence-corrected chi connectivity index (χ2v) is 10.9. The molecular weight excluding hydrogens is 490 g/mol. The molecule has 39 heavy (non-hydrogen) atoms. The van der Waals surface area contributed by atoms with Gasteiger partial charge in [-0.1, -0.05) is 72.8 Å². The first kappa shape index (κ1) is 26.8. The Balaban J connectivity index is 1.41. The summed E-state index contributed by atoms with van der Waals surface area (Å²) in [7, 11) is 5.87. The third-order valence-corrected chi connectivity index (χ3v) is 8.52. The summed E-state index contributed by atoms with van der Waals surface area (Å²) >= 11 is 0. The molecule has 1 saturated heterocycles. The summed E-state index contributed by atoms with van der Waals surface area (Å²) in [6.45, 7) is 1.03. The Morgan fingerprint density at radius 2 is 1.46 bits per heavy atom. The van der Waals surface area contributed by atoms with E-state index in [0.29, 0.717) is 25.9 Å². The maximum absolute atomic E-state index is 13.8. The molecule has 1 spiro atoms. The highest BCUT2D eigenvalue weighted by Gasteiger charge is 2.57. The van der Waals surface area contributed by atoms with Gasteiger partial charge >= 0.3 is 12.1 Å². The van der Waals surface area contributed by atoms with Crippen molar-refractivity contribution in [2.75, 3.05) is 27.7 Å². The lowest BCUT2D eigenvalue weighted by molar-refractivity contribution is 0.0181. The number of amides is 3. The van der Waals surface area contributed by atoms with E-state index in [4.69, 9.17) is 9.47 Å². The summed E-state index contributed by atoms with van der Waals surface area (Å²) in [6.07, 6.45) is 2.49. The molecule has 0 N–H and O–H groups in total. The molecule has 3 aromatic carbocycles. The van der Waals surface area contributed by atoms with E-state index in [9.17, 15) is 9.59 Å². The number of methoxy groups -OCH3 is 1. The molecule has 0 atom stereocenters.